The number of hydrazone groups is 1. The van der Waals surface area contributed by atoms with Gasteiger partial charge < -0.3 is 0 Å². The highest BCUT2D eigenvalue weighted by Gasteiger charge is 2.07. The molecule has 0 atom stereocenters. The van der Waals surface area contributed by atoms with Crippen molar-refractivity contribution in [2.45, 2.75) is 0 Å². The van der Waals surface area contributed by atoms with E-state index in [0.717, 1.165) is 3.57 Å². The van der Waals surface area contributed by atoms with E-state index >= 15 is 0 Å². The number of nitrogens with one attached hydrogen (secondary N) is 1. The van der Waals surface area contributed by atoms with Crippen molar-refractivity contribution in [1.82, 2.24) is 4.98 Å². The third-order valence-corrected chi connectivity index (χ3v) is 2.58. The van der Waals surface area contributed by atoms with Crippen LogP contribution in [0.3, 0.4) is 0 Å². The molecule has 0 aliphatic heterocycles. The number of hydrogen-bond donors (Lipinski definition) is 1. The van der Waals surface area contributed by atoms with Crippen molar-refractivity contribution in [1.29, 1.82) is 0 Å². The summed E-state index contributed by atoms with van der Waals surface area (Å²) in [5.74, 6) is -0.286. The smallest absolute Gasteiger partial charge is 0.134 e. The van der Waals surface area contributed by atoms with Crippen LogP contribution in [0.25, 0.3) is 10.9 Å². The van der Waals surface area contributed by atoms with Crippen LogP contribution in [-0.2, 0) is 0 Å². The van der Waals surface area contributed by atoms with Gasteiger partial charge in [0.2, 0.25) is 0 Å². The Hall–Kier alpha value is -1.24. The number of pyridine rings is 1. The second-order valence-corrected chi connectivity index (χ2v) is 4.16. The highest BCUT2D eigenvalue weighted by molar-refractivity contribution is 14.1. The van der Waals surface area contributed by atoms with Gasteiger partial charge in [0.1, 0.15) is 5.82 Å². The fourth-order valence-corrected chi connectivity index (χ4v) is 1.98. The molecule has 0 fully saturated rings. The molecule has 1 heterocycles. The van der Waals surface area contributed by atoms with E-state index < -0.39 is 0 Å². The molecule has 15 heavy (non-hydrogen) atoms. The SMILES string of the molecule is C=NNc1cc(I)cc2c(F)ccnc12. The number of nitrogens with zero attached hydrogens (tertiary/aromatic N) is 2. The van der Waals surface area contributed by atoms with Gasteiger partial charge in [-0.2, -0.15) is 5.10 Å². The van der Waals surface area contributed by atoms with Gasteiger partial charge in [-0.05, 0) is 40.8 Å². The van der Waals surface area contributed by atoms with E-state index in [1.54, 1.807) is 6.07 Å². The Kier molecular flexibility index (Phi) is 2.81. The average Bonchev–Trinajstić information content (AvgIpc) is 2.20. The van der Waals surface area contributed by atoms with E-state index in [1.807, 2.05) is 6.07 Å². The van der Waals surface area contributed by atoms with Crippen LogP contribution in [-0.4, -0.2) is 11.7 Å². The number of fused-ring (bicyclic) bond motifs is 1. The van der Waals surface area contributed by atoms with Gasteiger partial charge in [-0.1, -0.05) is 0 Å². The molecular weight excluding hydrogens is 308 g/mol. The van der Waals surface area contributed by atoms with Crippen molar-refractivity contribution < 1.29 is 4.39 Å². The topological polar surface area (TPSA) is 37.3 Å². The molecular formula is C10H7FIN3. The molecule has 2 aromatic rings. The summed E-state index contributed by atoms with van der Waals surface area (Å²) in [5.41, 5.74) is 3.92. The lowest BCUT2D eigenvalue weighted by molar-refractivity contribution is 0.638. The number of benzene rings is 1. The summed E-state index contributed by atoms with van der Waals surface area (Å²) in [6, 6.07) is 4.92. The van der Waals surface area contributed by atoms with Gasteiger partial charge in [0, 0.05) is 21.9 Å². The van der Waals surface area contributed by atoms with Crippen LogP contribution in [0.4, 0.5) is 10.1 Å². The molecule has 2 rings (SSSR count). The minimum Gasteiger partial charge on any atom is -0.277 e. The van der Waals surface area contributed by atoms with E-state index in [0.29, 0.717) is 16.6 Å². The predicted molar refractivity (Wildman–Crippen MR) is 67.6 cm³/mol. The highest BCUT2D eigenvalue weighted by atomic mass is 127. The summed E-state index contributed by atoms with van der Waals surface area (Å²) in [5, 5.41) is 4.04. The first-order valence-electron chi connectivity index (χ1n) is 4.18. The molecule has 0 unspecified atom stereocenters. The van der Waals surface area contributed by atoms with E-state index in [2.05, 4.69) is 44.8 Å². The molecule has 1 aromatic carbocycles. The van der Waals surface area contributed by atoms with E-state index in [-0.39, 0.29) is 5.82 Å². The van der Waals surface area contributed by atoms with Gasteiger partial charge in [-0.3, -0.25) is 10.4 Å². The zero-order chi connectivity index (χ0) is 10.8. The van der Waals surface area contributed by atoms with E-state index in [1.165, 1.54) is 12.3 Å². The van der Waals surface area contributed by atoms with Gasteiger partial charge in [0.25, 0.3) is 0 Å². The largest absolute Gasteiger partial charge is 0.277 e. The van der Waals surface area contributed by atoms with Crippen LogP contribution < -0.4 is 5.43 Å². The van der Waals surface area contributed by atoms with Gasteiger partial charge in [-0.15, -0.1) is 0 Å². The molecule has 0 radical (unpaired) electrons. The second kappa shape index (κ2) is 4.09. The molecule has 1 N–H and O–H groups in total. The monoisotopic (exact) mass is 315 g/mol. The predicted octanol–water partition coefficient (Wildman–Crippen LogP) is 3.01. The molecule has 5 heteroatoms. The van der Waals surface area contributed by atoms with Crippen LogP contribution in [0.15, 0.2) is 29.5 Å². The lowest BCUT2D eigenvalue weighted by atomic mass is 10.2. The normalized spacial score (nSPS) is 10.3. The molecule has 76 valence electrons. The number of hydrogen-bond acceptors (Lipinski definition) is 3. The highest BCUT2D eigenvalue weighted by Crippen LogP contribution is 2.26. The van der Waals surface area contributed by atoms with Crippen LogP contribution in [0.2, 0.25) is 0 Å². The number of halogens is 2. The summed E-state index contributed by atoms with van der Waals surface area (Å²) < 4.78 is 14.4. The maximum Gasteiger partial charge on any atom is 0.134 e. The summed E-state index contributed by atoms with van der Waals surface area (Å²) in [7, 11) is 0. The van der Waals surface area contributed by atoms with Crippen molar-refractivity contribution in [3.8, 4) is 0 Å². The molecule has 0 saturated heterocycles. The Morgan fingerprint density at radius 2 is 2.27 bits per heavy atom. The third-order valence-electron chi connectivity index (χ3n) is 1.96. The summed E-state index contributed by atoms with van der Waals surface area (Å²) in [4.78, 5) is 4.11. The Morgan fingerprint density at radius 3 is 3.00 bits per heavy atom. The number of aromatic nitrogens is 1. The fourth-order valence-electron chi connectivity index (χ4n) is 1.36. The first-order chi connectivity index (χ1) is 7.22. The van der Waals surface area contributed by atoms with Crippen molar-refractivity contribution >= 4 is 45.9 Å². The Morgan fingerprint density at radius 1 is 1.47 bits per heavy atom. The number of anilines is 1. The summed E-state index contributed by atoms with van der Waals surface area (Å²) in [6.07, 6.45) is 1.43. The van der Waals surface area contributed by atoms with Gasteiger partial charge >= 0.3 is 0 Å². The molecule has 0 spiro atoms. The Balaban J connectivity index is 2.79. The molecule has 0 aliphatic carbocycles. The second-order valence-electron chi connectivity index (χ2n) is 2.91. The van der Waals surface area contributed by atoms with Crippen LogP contribution >= 0.6 is 22.6 Å². The fraction of sp³-hybridized carbons (Fsp3) is 0. The Bertz CT molecular complexity index is 527. The molecule has 0 bridgehead atoms. The third kappa shape index (κ3) is 1.92. The lowest BCUT2D eigenvalue weighted by Crippen LogP contribution is -1.93. The molecule has 1 aromatic heterocycles. The van der Waals surface area contributed by atoms with Crippen LogP contribution in [0, 0.1) is 9.39 Å². The van der Waals surface area contributed by atoms with Crippen molar-refractivity contribution in [2.75, 3.05) is 5.43 Å². The lowest BCUT2D eigenvalue weighted by Gasteiger charge is -2.06. The molecule has 3 nitrogen and oxygen atoms in total. The van der Waals surface area contributed by atoms with Crippen molar-refractivity contribution in [3.63, 3.8) is 0 Å². The van der Waals surface area contributed by atoms with Crippen LogP contribution in [0.1, 0.15) is 0 Å². The zero-order valence-electron chi connectivity index (χ0n) is 7.67. The van der Waals surface area contributed by atoms with Gasteiger partial charge in [-0.25, -0.2) is 4.39 Å². The van der Waals surface area contributed by atoms with E-state index in [9.17, 15) is 4.39 Å². The number of rotatable bonds is 2. The average molecular weight is 315 g/mol. The van der Waals surface area contributed by atoms with E-state index in [4.69, 9.17) is 0 Å². The summed E-state index contributed by atoms with van der Waals surface area (Å²) in [6.45, 7) is 3.33. The molecule has 0 saturated carbocycles. The van der Waals surface area contributed by atoms with Gasteiger partial charge in [0.05, 0.1) is 11.2 Å². The Labute approximate surface area is 99.5 Å². The zero-order valence-corrected chi connectivity index (χ0v) is 9.82. The van der Waals surface area contributed by atoms with Crippen molar-refractivity contribution in [2.24, 2.45) is 5.10 Å². The summed E-state index contributed by atoms with van der Waals surface area (Å²) >= 11 is 2.11. The minimum atomic E-state index is -0.286. The van der Waals surface area contributed by atoms with Crippen molar-refractivity contribution in [3.05, 3.63) is 33.8 Å². The minimum absolute atomic E-state index is 0.286. The quantitative estimate of drug-likeness (QED) is 0.525. The van der Waals surface area contributed by atoms with Gasteiger partial charge in [0.15, 0.2) is 0 Å². The molecule has 0 aliphatic rings. The maximum atomic E-state index is 13.5. The molecule has 0 amide bonds. The van der Waals surface area contributed by atoms with Crippen LogP contribution in [0.5, 0.6) is 0 Å². The first kappa shape index (κ1) is 10.3. The maximum absolute atomic E-state index is 13.5. The standard InChI is InChI=1S/C10H7FIN3/c1-13-15-9-5-6(12)4-7-8(11)2-3-14-10(7)9/h2-5,15H,1H2. The first-order valence-corrected chi connectivity index (χ1v) is 5.26.